The van der Waals surface area contributed by atoms with Crippen LogP contribution in [0.5, 0.6) is 0 Å². The molecule has 2 amide bonds. The zero-order valence-electron chi connectivity index (χ0n) is 14.5. The van der Waals surface area contributed by atoms with Gasteiger partial charge in [-0.15, -0.1) is 0 Å². The van der Waals surface area contributed by atoms with Crippen LogP contribution in [-0.4, -0.2) is 47.1 Å². The number of likely N-dealkylation sites (N-methyl/N-ethyl adjacent to an activating group) is 1. The van der Waals surface area contributed by atoms with Crippen LogP contribution in [0, 0.1) is 6.92 Å². The Morgan fingerprint density at radius 3 is 2.46 bits per heavy atom. The first-order chi connectivity index (χ1) is 11.4. The van der Waals surface area contributed by atoms with Crippen molar-refractivity contribution in [2.45, 2.75) is 13.5 Å². The van der Waals surface area contributed by atoms with E-state index in [-0.39, 0.29) is 18.4 Å². The molecular formula is C17H23N5O2. The fraction of sp³-hybridized carbons (Fsp3) is 0.353. The molecule has 24 heavy (non-hydrogen) atoms. The standard InChI is InChI=1S/C17H23N5O2/c1-12-9-15(22(4)20-12)19-16(23)11-21(3)10-13-5-7-14(8-6-13)17(24)18-2/h5-9H,10-11H2,1-4H3,(H,18,24)(H,19,23). The summed E-state index contributed by atoms with van der Waals surface area (Å²) in [4.78, 5) is 25.5. The Kier molecular flexibility index (Phi) is 5.70. The Morgan fingerprint density at radius 2 is 1.92 bits per heavy atom. The molecule has 2 rings (SSSR count). The molecule has 0 saturated heterocycles. The molecule has 1 aromatic heterocycles. The van der Waals surface area contributed by atoms with Crippen LogP contribution >= 0.6 is 0 Å². The van der Waals surface area contributed by atoms with Gasteiger partial charge in [-0.3, -0.25) is 19.2 Å². The number of anilines is 1. The topological polar surface area (TPSA) is 79.3 Å². The van der Waals surface area contributed by atoms with Crippen molar-refractivity contribution in [1.29, 1.82) is 0 Å². The first-order valence-electron chi connectivity index (χ1n) is 7.69. The van der Waals surface area contributed by atoms with E-state index in [0.29, 0.717) is 17.9 Å². The van der Waals surface area contributed by atoms with Crippen molar-refractivity contribution >= 4 is 17.6 Å². The van der Waals surface area contributed by atoms with Gasteiger partial charge in [-0.25, -0.2) is 0 Å². The second-order valence-electron chi connectivity index (χ2n) is 5.79. The smallest absolute Gasteiger partial charge is 0.251 e. The number of hydrogen-bond acceptors (Lipinski definition) is 4. The van der Waals surface area contributed by atoms with E-state index in [1.54, 1.807) is 30.9 Å². The summed E-state index contributed by atoms with van der Waals surface area (Å²) in [7, 11) is 5.27. The third-order valence-corrected chi connectivity index (χ3v) is 3.58. The van der Waals surface area contributed by atoms with Crippen LogP contribution in [0.2, 0.25) is 0 Å². The molecule has 0 saturated carbocycles. The van der Waals surface area contributed by atoms with Crippen LogP contribution < -0.4 is 10.6 Å². The molecule has 0 aliphatic rings. The number of hydrogen-bond donors (Lipinski definition) is 2. The summed E-state index contributed by atoms with van der Waals surface area (Å²) in [6, 6.07) is 9.17. The van der Waals surface area contributed by atoms with E-state index < -0.39 is 0 Å². The number of aromatic nitrogens is 2. The predicted molar refractivity (Wildman–Crippen MR) is 92.7 cm³/mol. The Bertz CT molecular complexity index is 721. The Balaban J connectivity index is 1.88. The van der Waals surface area contributed by atoms with Crippen molar-refractivity contribution in [3.63, 3.8) is 0 Å². The highest BCUT2D eigenvalue weighted by atomic mass is 16.2. The number of aryl methyl sites for hydroxylation is 2. The van der Waals surface area contributed by atoms with Crippen LogP contribution in [0.15, 0.2) is 30.3 Å². The summed E-state index contributed by atoms with van der Waals surface area (Å²) in [5.41, 5.74) is 2.51. The highest BCUT2D eigenvalue weighted by molar-refractivity contribution is 5.94. The lowest BCUT2D eigenvalue weighted by Crippen LogP contribution is -2.30. The molecule has 0 radical (unpaired) electrons. The second-order valence-corrected chi connectivity index (χ2v) is 5.79. The minimum absolute atomic E-state index is 0.0949. The largest absolute Gasteiger partial charge is 0.355 e. The van der Waals surface area contributed by atoms with Gasteiger partial charge in [0.15, 0.2) is 0 Å². The van der Waals surface area contributed by atoms with Gasteiger partial charge in [0.05, 0.1) is 12.2 Å². The van der Waals surface area contributed by atoms with E-state index in [1.807, 2.05) is 37.1 Å². The molecule has 0 atom stereocenters. The molecule has 2 aromatic rings. The van der Waals surface area contributed by atoms with Gasteiger partial charge in [0.25, 0.3) is 5.91 Å². The average molecular weight is 329 g/mol. The molecule has 0 spiro atoms. The second kappa shape index (κ2) is 7.74. The Labute approximate surface area is 141 Å². The minimum Gasteiger partial charge on any atom is -0.355 e. The molecule has 2 N–H and O–H groups in total. The van der Waals surface area contributed by atoms with Gasteiger partial charge in [0.1, 0.15) is 5.82 Å². The van der Waals surface area contributed by atoms with Crippen LogP contribution in [0.25, 0.3) is 0 Å². The maximum Gasteiger partial charge on any atom is 0.251 e. The number of nitrogens with one attached hydrogen (secondary N) is 2. The minimum atomic E-state index is -0.110. The number of benzene rings is 1. The van der Waals surface area contributed by atoms with Gasteiger partial charge in [0, 0.05) is 32.3 Å². The van der Waals surface area contributed by atoms with Crippen LogP contribution in [-0.2, 0) is 18.4 Å². The van der Waals surface area contributed by atoms with E-state index in [4.69, 9.17) is 0 Å². The summed E-state index contributed by atoms with van der Waals surface area (Å²) in [6.07, 6.45) is 0. The number of amides is 2. The van der Waals surface area contributed by atoms with E-state index >= 15 is 0 Å². The normalized spacial score (nSPS) is 10.7. The Hall–Kier alpha value is -2.67. The lowest BCUT2D eigenvalue weighted by Gasteiger charge is -2.16. The summed E-state index contributed by atoms with van der Waals surface area (Å²) in [5.74, 6) is 0.476. The molecule has 7 nitrogen and oxygen atoms in total. The number of nitrogens with zero attached hydrogens (tertiary/aromatic N) is 3. The molecule has 0 bridgehead atoms. The maximum absolute atomic E-state index is 12.1. The molecular weight excluding hydrogens is 306 g/mol. The molecule has 1 aromatic carbocycles. The first kappa shape index (κ1) is 17.7. The number of rotatable bonds is 6. The fourth-order valence-corrected chi connectivity index (χ4v) is 2.43. The third kappa shape index (κ3) is 4.66. The molecule has 0 aliphatic carbocycles. The molecule has 1 heterocycles. The van der Waals surface area contributed by atoms with E-state index in [9.17, 15) is 9.59 Å². The summed E-state index contributed by atoms with van der Waals surface area (Å²) < 4.78 is 1.64. The zero-order chi connectivity index (χ0) is 17.7. The quantitative estimate of drug-likeness (QED) is 0.833. The van der Waals surface area contributed by atoms with Crippen molar-refractivity contribution in [3.05, 3.63) is 47.2 Å². The van der Waals surface area contributed by atoms with Gasteiger partial charge in [-0.1, -0.05) is 12.1 Å². The van der Waals surface area contributed by atoms with Gasteiger partial charge < -0.3 is 10.6 Å². The number of carbonyl (C=O) groups is 2. The average Bonchev–Trinajstić information content (AvgIpc) is 2.84. The van der Waals surface area contributed by atoms with Crippen LogP contribution in [0.3, 0.4) is 0 Å². The van der Waals surface area contributed by atoms with E-state index in [0.717, 1.165) is 11.3 Å². The first-order valence-corrected chi connectivity index (χ1v) is 7.69. The summed E-state index contributed by atoms with van der Waals surface area (Å²) in [6.45, 7) is 2.76. The molecule has 0 unspecified atom stereocenters. The lowest BCUT2D eigenvalue weighted by atomic mass is 10.1. The summed E-state index contributed by atoms with van der Waals surface area (Å²) in [5, 5.41) is 9.63. The van der Waals surface area contributed by atoms with Crippen LogP contribution in [0.4, 0.5) is 5.82 Å². The van der Waals surface area contributed by atoms with Crippen molar-refractivity contribution in [2.75, 3.05) is 26.0 Å². The highest BCUT2D eigenvalue weighted by Gasteiger charge is 2.11. The number of carbonyl (C=O) groups excluding carboxylic acids is 2. The fourth-order valence-electron chi connectivity index (χ4n) is 2.43. The zero-order valence-corrected chi connectivity index (χ0v) is 14.5. The van der Waals surface area contributed by atoms with Gasteiger partial charge in [0.2, 0.25) is 5.91 Å². The van der Waals surface area contributed by atoms with Crippen LogP contribution in [0.1, 0.15) is 21.6 Å². The maximum atomic E-state index is 12.1. The van der Waals surface area contributed by atoms with Gasteiger partial charge >= 0.3 is 0 Å². The van der Waals surface area contributed by atoms with Gasteiger partial charge in [-0.2, -0.15) is 5.10 Å². The van der Waals surface area contributed by atoms with Crippen molar-refractivity contribution < 1.29 is 9.59 Å². The lowest BCUT2D eigenvalue weighted by molar-refractivity contribution is -0.117. The monoisotopic (exact) mass is 329 g/mol. The molecule has 0 aliphatic heterocycles. The molecule has 128 valence electrons. The third-order valence-electron chi connectivity index (χ3n) is 3.58. The SMILES string of the molecule is CNC(=O)c1ccc(CN(C)CC(=O)Nc2cc(C)nn2C)cc1. The molecule has 0 fully saturated rings. The Morgan fingerprint density at radius 1 is 1.25 bits per heavy atom. The summed E-state index contributed by atoms with van der Waals surface area (Å²) >= 11 is 0. The van der Waals surface area contributed by atoms with Gasteiger partial charge in [-0.05, 0) is 31.7 Å². The van der Waals surface area contributed by atoms with Crippen molar-refractivity contribution in [2.24, 2.45) is 7.05 Å². The van der Waals surface area contributed by atoms with Crippen molar-refractivity contribution in [1.82, 2.24) is 20.0 Å². The highest BCUT2D eigenvalue weighted by Crippen LogP contribution is 2.09. The van der Waals surface area contributed by atoms with Crippen molar-refractivity contribution in [3.8, 4) is 0 Å². The molecule has 7 heteroatoms. The predicted octanol–water partition coefficient (Wildman–Crippen LogP) is 1.16. The van der Waals surface area contributed by atoms with E-state index in [2.05, 4.69) is 15.7 Å². The van der Waals surface area contributed by atoms with E-state index in [1.165, 1.54) is 0 Å².